The fourth-order valence-corrected chi connectivity index (χ4v) is 3.20. The fourth-order valence-electron chi connectivity index (χ4n) is 2.26. The molecule has 0 aliphatic rings. The van der Waals surface area contributed by atoms with Gasteiger partial charge in [-0.1, -0.05) is 15.9 Å². The number of aromatic nitrogens is 2. The zero-order chi connectivity index (χ0) is 15.0. The highest BCUT2D eigenvalue weighted by Crippen LogP contribution is 2.31. The number of fused-ring (bicyclic) bond motifs is 1. The third-order valence-corrected chi connectivity index (χ3v) is 4.59. The van der Waals surface area contributed by atoms with Crippen molar-refractivity contribution in [2.45, 2.75) is 5.88 Å². The average molecular weight is 431 g/mol. The Balaban J connectivity index is 2.30. The van der Waals surface area contributed by atoms with Crippen LogP contribution in [0, 0.1) is 0 Å². The minimum atomic E-state index is 0.338. The maximum absolute atomic E-state index is 6.06. The molecular weight excluding hydrogens is 419 g/mol. The predicted octanol–water partition coefficient (Wildman–Crippen LogP) is 5.30. The number of nitrogens with zero attached hydrogens (tertiary/aromatic N) is 2. The van der Waals surface area contributed by atoms with E-state index in [0.29, 0.717) is 5.88 Å². The van der Waals surface area contributed by atoms with Gasteiger partial charge in [0.2, 0.25) is 0 Å². The lowest BCUT2D eigenvalue weighted by Gasteiger charge is -2.11. The summed E-state index contributed by atoms with van der Waals surface area (Å²) in [7, 11) is 1.65. The zero-order valence-corrected chi connectivity index (χ0v) is 15.0. The second-order valence-corrected chi connectivity index (χ2v) is 6.49. The van der Waals surface area contributed by atoms with Crippen LogP contribution in [0.4, 0.5) is 0 Å². The van der Waals surface area contributed by atoms with E-state index in [1.807, 2.05) is 41.0 Å². The Hall–Kier alpha value is -1.04. The van der Waals surface area contributed by atoms with Gasteiger partial charge in [-0.2, -0.15) is 0 Å². The van der Waals surface area contributed by atoms with Crippen LogP contribution in [0.25, 0.3) is 16.7 Å². The third kappa shape index (κ3) is 2.70. The Kier molecular flexibility index (Phi) is 4.24. The van der Waals surface area contributed by atoms with Crippen LogP contribution >= 0.6 is 43.5 Å². The molecule has 0 aliphatic carbocycles. The number of halogens is 3. The van der Waals surface area contributed by atoms with Crippen LogP contribution < -0.4 is 4.74 Å². The van der Waals surface area contributed by atoms with Crippen molar-refractivity contribution in [3.63, 3.8) is 0 Å². The number of alkyl halides is 1. The van der Waals surface area contributed by atoms with E-state index in [1.165, 1.54) is 0 Å². The van der Waals surface area contributed by atoms with Gasteiger partial charge in [0.05, 0.1) is 34.2 Å². The second-order valence-electron chi connectivity index (χ2n) is 4.45. The standard InChI is InChI=1S/C15H11Br2ClN2O/c1-21-14-7-10(3-4-11(14)17)20-13-6-9(16)2-5-12(13)19-15(20)8-18/h2-7H,8H2,1H3. The van der Waals surface area contributed by atoms with Crippen molar-refractivity contribution in [1.82, 2.24) is 9.55 Å². The third-order valence-electron chi connectivity index (χ3n) is 3.20. The van der Waals surface area contributed by atoms with Crippen molar-refractivity contribution >= 4 is 54.5 Å². The van der Waals surface area contributed by atoms with E-state index in [9.17, 15) is 0 Å². The van der Waals surface area contributed by atoms with E-state index in [2.05, 4.69) is 36.8 Å². The Labute approximate surface area is 144 Å². The van der Waals surface area contributed by atoms with Gasteiger partial charge in [0.1, 0.15) is 11.6 Å². The minimum Gasteiger partial charge on any atom is -0.495 e. The SMILES string of the molecule is COc1cc(-n2c(CCl)nc3ccc(Br)cc32)ccc1Br. The molecule has 21 heavy (non-hydrogen) atoms. The zero-order valence-electron chi connectivity index (χ0n) is 11.1. The Bertz CT molecular complexity index is 817. The summed E-state index contributed by atoms with van der Waals surface area (Å²) in [6, 6.07) is 11.9. The number of rotatable bonds is 3. The van der Waals surface area contributed by atoms with Gasteiger partial charge < -0.3 is 4.74 Å². The molecule has 0 saturated heterocycles. The molecule has 108 valence electrons. The van der Waals surface area contributed by atoms with Crippen molar-refractivity contribution in [3.8, 4) is 11.4 Å². The smallest absolute Gasteiger partial charge is 0.135 e. The molecule has 0 radical (unpaired) electrons. The highest BCUT2D eigenvalue weighted by molar-refractivity contribution is 9.10. The van der Waals surface area contributed by atoms with Crippen molar-refractivity contribution in [2.24, 2.45) is 0 Å². The van der Waals surface area contributed by atoms with Gasteiger partial charge in [-0.25, -0.2) is 4.98 Å². The van der Waals surface area contributed by atoms with Gasteiger partial charge in [0, 0.05) is 10.5 Å². The highest BCUT2D eigenvalue weighted by Gasteiger charge is 2.13. The van der Waals surface area contributed by atoms with Crippen molar-refractivity contribution < 1.29 is 4.74 Å². The average Bonchev–Trinajstić information content (AvgIpc) is 2.85. The van der Waals surface area contributed by atoms with Crippen molar-refractivity contribution in [2.75, 3.05) is 7.11 Å². The van der Waals surface area contributed by atoms with Crippen LogP contribution in [0.1, 0.15) is 5.82 Å². The molecular formula is C15H11Br2ClN2O. The molecule has 1 aromatic heterocycles. The number of benzene rings is 2. The Morgan fingerprint density at radius 3 is 2.71 bits per heavy atom. The number of hydrogen-bond donors (Lipinski definition) is 0. The molecule has 0 bridgehead atoms. The monoisotopic (exact) mass is 428 g/mol. The topological polar surface area (TPSA) is 27.1 Å². The Morgan fingerprint density at radius 2 is 2.00 bits per heavy atom. The Morgan fingerprint density at radius 1 is 1.19 bits per heavy atom. The minimum absolute atomic E-state index is 0.338. The van der Waals surface area contributed by atoms with E-state index in [-0.39, 0.29) is 0 Å². The van der Waals surface area contributed by atoms with Crippen LogP contribution in [-0.2, 0) is 5.88 Å². The molecule has 0 unspecified atom stereocenters. The first-order valence-electron chi connectivity index (χ1n) is 6.21. The first-order chi connectivity index (χ1) is 10.1. The van der Waals surface area contributed by atoms with Crippen LogP contribution in [-0.4, -0.2) is 16.7 Å². The molecule has 0 spiro atoms. The fraction of sp³-hybridized carbons (Fsp3) is 0.133. The number of imidazole rings is 1. The first-order valence-corrected chi connectivity index (χ1v) is 8.33. The van der Waals surface area contributed by atoms with Crippen LogP contribution in [0.15, 0.2) is 45.3 Å². The van der Waals surface area contributed by atoms with Gasteiger partial charge in [-0.05, 0) is 46.3 Å². The number of methoxy groups -OCH3 is 1. The molecule has 2 aromatic carbocycles. The van der Waals surface area contributed by atoms with Gasteiger partial charge in [0.25, 0.3) is 0 Å². The van der Waals surface area contributed by atoms with Gasteiger partial charge in [-0.15, -0.1) is 11.6 Å². The normalized spacial score (nSPS) is 11.0. The summed E-state index contributed by atoms with van der Waals surface area (Å²) in [5.74, 6) is 1.91. The molecule has 6 heteroatoms. The van der Waals surface area contributed by atoms with Crippen LogP contribution in [0.3, 0.4) is 0 Å². The van der Waals surface area contributed by atoms with Gasteiger partial charge in [-0.3, -0.25) is 4.57 Å². The summed E-state index contributed by atoms with van der Waals surface area (Å²) >= 11 is 13.0. The molecule has 3 aromatic rings. The van der Waals surface area contributed by atoms with Crippen LogP contribution in [0.5, 0.6) is 5.75 Å². The summed E-state index contributed by atoms with van der Waals surface area (Å²) in [4.78, 5) is 4.58. The number of hydrogen-bond acceptors (Lipinski definition) is 2. The van der Waals surface area contributed by atoms with Gasteiger partial charge in [0.15, 0.2) is 0 Å². The maximum Gasteiger partial charge on any atom is 0.135 e. The van der Waals surface area contributed by atoms with E-state index in [1.54, 1.807) is 7.11 Å². The summed E-state index contributed by atoms with van der Waals surface area (Å²) in [6.45, 7) is 0. The predicted molar refractivity (Wildman–Crippen MR) is 92.6 cm³/mol. The molecule has 3 nitrogen and oxygen atoms in total. The molecule has 0 aliphatic heterocycles. The quantitative estimate of drug-likeness (QED) is 0.528. The molecule has 0 amide bonds. The number of ether oxygens (including phenoxy) is 1. The van der Waals surface area contributed by atoms with Crippen molar-refractivity contribution in [3.05, 3.63) is 51.2 Å². The lowest BCUT2D eigenvalue weighted by Crippen LogP contribution is -2.00. The molecule has 0 atom stereocenters. The summed E-state index contributed by atoms with van der Waals surface area (Å²) in [6.07, 6.45) is 0. The molecule has 1 heterocycles. The van der Waals surface area contributed by atoms with Gasteiger partial charge >= 0.3 is 0 Å². The highest BCUT2D eigenvalue weighted by atomic mass is 79.9. The van der Waals surface area contributed by atoms with E-state index >= 15 is 0 Å². The lowest BCUT2D eigenvalue weighted by atomic mass is 10.2. The maximum atomic E-state index is 6.06. The molecule has 0 N–H and O–H groups in total. The van der Waals surface area contributed by atoms with Crippen molar-refractivity contribution in [1.29, 1.82) is 0 Å². The van der Waals surface area contributed by atoms with E-state index < -0.39 is 0 Å². The lowest BCUT2D eigenvalue weighted by molar-refractivity contribution is 0.412. The second kappa shape index (κ2) is 5.99. The summed E-state index contributed by atoms with van der Waals surface area (Å²) in [5.41, 5.74) is 2.88. The largest absolute Gasteiger partial charge is 0.495 e. The molecule has 0 fully saturated rings. The summed E-state index contributed by atoms with van der Waals surface area (Å²) in [5, 5.41) is 0. The molecule has 3 rings (SSSR count). The van der Waals surface area contributed by atoms with E-state index in [4.69, 9.17) is 16.3 Å². The van der Waals surface area contributed by atoms with Crippen LogP contribution in [0.2, 0.25) is 0 Å². The summed E-state index contributed by atoms with van der Waals surface area (Å²) < 4.78 is 9.32. The van der Waals surface area contributed by atoms with E-state index in [0.717, 1.165) is 37.2 Å². The molecule has 0 saturated carbocycles. The first kappa shape index (κ1) is 14.9.